The summed E-state index contributed by atoms with van der Waals surface area (Å²) in [5, 5.41) is 0. The summed E-state index contributed by atoms with van der Waals surface area (Å²) in [4.78, 5) is 0. The Morgan fingerprint density at radius 2 is 2.00 bits per heavy atom. The first-order valence-corrected chi connectivity index (χ1v) is 3.42. The molecule has 12 heavy (non-hydrogen) atoms. The van der Waals surface area contributed by atoms with Crippen molar-refractivity contribution in [2.75, 3.05) is 6.67 Å². The zero-order chi connectivity index (χ0) is 9.14. The van der Waals surface area contributed by atoms with Gasteiger partial charge in [-0.25, -0.2) is 13.2 Å². The van der Waals surface area contributed by atoms with Crippen LogP contribution in [0.1, 0.15) is 11.6 Å². The summed E-state index contributed by atoms with van der Waals surface area (Å²) in [5.41, 5.74) is 5.06. The molecule has 0 heterocycles. The van der Waals surface area contributed by atoms with Gasteiger partial charge in [0.1, 0.15) is 6.67 Å². The van der Waals surface area contributed by atoms with E-state index in [1.54, 1.807) is 0 Å². The average molecular weight is 175 g/mol. The van der Waals surface area contributed by atoms with E-state index in [0.717, 1.165) is 6.07 Å². The Balaban J connectivity index is 3.07. The second kappa shape index (κ2) is 3.58. The van der Waals surface area contributed by atoms with Crippen LogP contribution in [-0.4, -0.2) is 6.67 Å². The normalized spacial score (nSPS) is 13.0. The molecule has 0 saturated heterocycles. The Bertz CT molecular complexity index is 275. The molecule has 0 aliphatic heterocycles. The molecule has 1 rings (SSSR count). The summed E-state index contributed by atoms with van der Waals surface area (Å²) in [6.45, 7) is -0.902. The lowest BCUT2D eigenvalue weighted by molar-refractivity contribution is 0.417. The standard InChI is InChI=1S/C8H8F3N/c9-4-7(12)5-2-1-3-6(10)8(5)11/h1-3,7H,4,12H2. The first-order valence-electron chi connectivity index (χ1n) is 3.42. The maximum Gasteiger partial charge on any atom is 0.163 e. The van der Waals surface area contributed by atoms with E-state index in [-0.39, 0.29) is 5.56 Å². The van der Waals surface area contributed by atoms with Gasteiger partial charge in [0.2, 0.25) is 0 Å². The minimum Gasteiger partial charge on any atom is -0.322 e. The van der Waals surface area contributed by atoms with Crippen LogP contribution in [0.2, 0.25) is 0 Å². The molecule has 0 aromatic heterocycles. The Morgan fingerprint density at radius 3 is 2.58 bits per heavy atom. The second-order valence-electron chi connectivity index (χ2n) is 2.40. The van der Waals surface area contributed by atoms with Crippen LogP contribution in [0.25, 0.3) is 0 Å². The monoisotopic (exact) mass is 175 g/mol. The Labute approximate surface area is 68.0 Å². The van der Waals surface area contributed by atoms with Crippen LogP contribution in [0.15, 0.2) is 18.2 Å². The summed E-state index contributed by atoms with van der Waals surface area (Å²) < 4.78 is 37.3. The molecular weight excluding hydrogens is 167 g/mol. The van der Waals surface area contributed by atoms with Gasteiger partial charge in [-0.05, 0) is 6.07 Å². The summed E-state index contributed by atoms with van der Waals surface area (Å²) in [6, 6.07) is 2.44. The van der Waals surface area contributed by atoms with Crippen LogP contribution in [0, 0.1) is 11.6 Å². The number of benzene rings is 1. The third kappa shape index (κ3) is 1.58. The topological polar surface area (TPSA) is 26.0 Å². The largest absolute Gasteiger partial charge is 0.322 e. The highest BCUT2D eigenvalue weighted by atomic mass is 19.2. The Morgan fingerprint density at radius 1 is 1.33 bits per heavy atom. The number of alkyl halides is 1. The third-order valence-corrected chi connectivity index (χ3v) is 1.55. The Hall–Kier alpha value is -1.03. The highest BCUT2D eigenvalue weighted by Crippen LogP contribution is 2.17. The van der Waals surface area contributed by atoms with Gasteiger partial charge in [-0.2, -0.15) is 0 Å². The molecule has 1 nitrogen and oxygen atoms in total. The Kier molecular flexibility index (Phi) is 2.70. The van der Waals surface area contributed by atoms with E-state index in [1.165, 1.54) is 12.1 Å². The smallest absolute Gasteiger partial charge is 0.163 e. The second-order valence-corrected chi connectivity index (χ2v) is 2.40. The van der Waals surface area contributed by atoms with E-state index in [4.69, 9.17) is 5.73 Å². The van der Waals surface area contributed by atoms with Gasteiger partial charge < -0.3 is 5.73 Å². The number of rotatable bonds is 2. The van der Waals surface area contributed by atoms with Crippen LogP contribution in [0.3, 0.4) is 0 Å². The number of hydrogen-bond acceptors (Lipinski definition) is 1. The van der Waals surface area contributed by atoms with Gasteiger partial charge in [-0.3, -0.25) is 0 Å². The first-order chi connectivity index (χ1) is 5.66. The van der Waals surface area contributed by atoms with Gasteiger partial charge in [-0.15, -0.1) is 0 Å². The van der Waals surface area contributed by atoms with E-state index in [9.17, 15) is 13.2 Å². The van der Waals surface area contributed by atoms with E-state index >= 15 is 0 Å². The van der Waals surface area contributed by atoms with Crippen molar-refractivity contribution in [3.05, 3.63) is 35.4 Å². The highest BCUT2D eigenvalue weighted by molar-refractivity contribution is 5.22. The van der Waals surface area contributed by atoms with E-state index < -0.39 is 24.4 Å². The quantitative estimate of drug-likeness (QED) is 0.730. The molecule has 66 valence electrons. The van der Waals surface area contributed by atoms with Crippen molar-refractivity contribution >= 4 is 0 Å². The molecule has 1 aromatic carbocycles. The van der Waals surface area contributed by atoms with Gasteiger partial charge in [0.05, 0.1) is 6.04 Å². The van der Waals surface area contributed by atoms with Gasteiger partial charge in [0.25, 0.3) is 0 Å². The van der Waals surface area contributed by atoms with Crippen molar-refractivity contribution < 1.29 is 13.2 Å². The molecule has 0 amide bonds. The summed E-state index contributed by atoms with van der Waals surface area (Å²) >= 11 is 0. The lowest BCUT2D eigenvalue weighted by atomic mass is 10.1. The molecule has 2 N–H and O–H groups in total. The fourth-order valence-electron chi connectivity index (χ4n) is 0.890. The highest BCUT2D eigenvalue weighted by Gasteiger charge is 2.13. The molecule has 0 radical (unpaired) electrons. The fourth-order valence-corrected chi connectivity index (χ4v) is 0.890. The van der Waals surface area contributed by atoms with E-state index in [1.807, 2.05) is 0 Å². The molecule has 0 aliphatic carbocycles. The van der Waals surface area contributed by atoms with Crippen molar-refractivity contribution in [3.63, 3.8) is 0 Å². The summed E-state index contributed by atoms with van der Waals surface area (Å²) in [6.07, 6.45) is 0. The molecule has 0 aliphatic rings. The molecule has 1 atom stereocenters. The van der Waals surface area contributed by atoms with Crippen LogP contribution in [0.5, 0.6) is 0 Å². The predicted octanol–water partition coefficient (Wildman–Crippen LogP) is 1.93. The van der Waals surface area contributed by atoms with E-state index in [2.05, 4.69) is 0 Å². The van der Waals surface area contributed by atoms with Crippen molar-refractivity contribution in [1.29, 1.82) is 0 Å². The molecule has 1 unspecified atom stereocenters. The van der Waals surface area contributed by atoms with Gasteiger partial charge in [0.15, 0.2) is 11.6 Å². The van der Waals surface area contributed by atoms with Gasteiger partial charge in [-0.1, -0.05) is 12.1 Å². The van der Waals surface area contributed by atoms with E-state index in [0.29, 0.717) is 0 Å². The minimum absolute atomic E-state index is 0.127. The average Bonchev–Trinajstić information content (AvgIpc) is 2.08. The molecule has 0 bridgehead atoms. The van der Waals surface area contributed by atoms with Crippen molar-refractivity contribution in [3.8, 4) is 0 Å². The van der Waals surface area contributed by atoms with Gasteiger partial charge >= 0.3 is 0 Å². The van der Waals surface area contributed by atoms with Crippen LogP contribution in [0.4, 0.5) is 13.2 Å². The number of halogens is 3. The van der Waals surface area contributed by atoms with Crippen molar-refractivity contribution in [2.24, 2.45) is 5.73 Å². The van der Waals surface area contributed by atoms with Gasteiger partial charge in [0, 0.05) is 5.56 Å². The number of hydrogen-bond donors (Lipinski definition) is 1. The first kappa shape index (κ1) is 9.06. The predicted molar refractivity (Wildman–Crippen MR) is 39.3 cm³/mol. The van der Waals surface area contributed by atoms with Crippen LogP contribution < -0.4 is 5.73 Å². The third-order valence-electron chi connectivity index (χ3n) is 1.55. The summed E-state index contributed by atoms with van der Waals surface area (Å²) in [5.74, 6) is -2.07. The SMILES string of the molecule is NC(CF)c1cccc(F)c1F. The molecule has 1 aromatic rings. The minimum atomic E-state index is -1.08. The number of nitrogens with two attached hydrogens (primary N) is 1. The molecule has 0 fully saturated rings. The van der Waals surface area contributed by atoms with Crippen molar-refractivity contribution in [2.45, 2.75) is 6.04 Å². The maximum atomic E-state index is 12.8. The van der Waals surface area contributed by atoms with Crippen molar-refractivity contribution in [1.82, 2.24) is 0 Å². The fraction of sp³-hybridized carbons (Fsp3) is 0.250. The molecule has 0 saturated carbocycles. The molecular formula is C8H8F3N. The molecule has 4 heteroatoms. The van der Waals surface area contributed by atoms with Crippen LogP contribution >= 0.6 is 0 Å². The zero-order valence-electron chi connectivity index (χ0n) is 6.23. The summed E-state index contributed by atoms with van der Waals surface area (Å²) in [7, 11) is 0. The van der Waals surface area contributed by atoms with Crippen LogP contribution in [-0.2, 0) is 0 Å². The lowest BCUT2D eigenvalue weighted by Crippen LogP contribution is -2.14. The zero-order valence-corrected chi connectivity index (χ0v) is 6.23. The lowest BCUT2D eigenvalue weighted by Gasteiger charge is -2.08. The maximum absolute atomic E-state index is 12.8. The molecule has 0 spiro atoms.